The van der Waals surface area contributed by atoms with Gasteiger partial charge in [-0.05, 0) is 59.6 Å². The van der Waals surface area contributed by atoms with Crippen LogP contribution in [0.4, 0.5) is 4.79 Å². The molecule has 1 aliphatic rings. The number of nitrogens with zero attached hydrogens (tertiary/aromatic N) is 2. The summed E-state index contributed by atoms with van der Waals surface area (Å²) in [6.07, 6.45) is 1.68. The number of amides is 1. The van der Waals surface area contributed by atoms with Gasteiger partial charge in [-0.1, -0.05) is 0 Å². The molecule has 2 heterocycles. The molecule has 118 valence electrons. The van der Waals surface area contributed by atoms with Crippen LogP contribution in [0.1, 0.15) is 45.0 Å². The van der Waals surface area contributed by atoms with Gasteiger partial charge in [0.05, 0.1) is 0 Å². The molecule has 0 aliphatic carbocycles. The number of nitrogens with one attached hydrogen (secondary N) is 1. The van der Waals surface area contributed by atoms with Crippen molar-refractivity contribution in [1.82, 2.24) is 9.58 Å². The summed E-state index contributed by atoms with van der Waals surface area (Å²) >= 11 is 0. The van der Waals surface area contributed by atoms with E-state index in [0.717, 1.165) is 25.9 Å². The van der Waals surface area contributed by atoms with Crippen molar-refractivity contribution in [1.29, 1.82) is 0 Å². The molecule has 1 saturated heterocycles. The Kier molecular flexibility index (Phi) is 4.49. The maximum absolute atomic E-state index is 12.0. The number of carbonyl (C=O) groups excluding carboxylic acids is 1. The van der Waals surface area contributed by atoms with Crippen LogP contribution in [0.15, 0.2) is 12.1 Å². The van der Waals surface area contributed by atoms with Gasteiger partial charge in [-0.2, -0.15) is 0 Å². The lowest BCUT2D eigenvalue weighted by molar-refractivity contribution is 0.0208. The highest BCUT2D eigenvalue weighted by molar-refractivity contribution is 5.68. The van der Waals surface area contributed by atoms with Gasteiger partial charge in [-0.3, -0.25) is 4.68 Å². The van der Waals surface area contributed by atoms with E-state index in [1.54, 1.807) is 4.90 Å². The molecule has 0 spiro atoms. The van der Waals surface area contributed by atoms with Crippen LogP contribution in [0.5, 0.6) is 0 Å². The van der Waals surface area contributed by atoms with E-state index in [0.29, 0.717) is 6.04 Å². The van der Waals surface area contributed by atoms with Crippen molar-refractivity contribution in [2.75, 3.05) is 18.5 Å². The predicted molar refractivity (Wildman–Crippen MR) is 84.1 cm³/mol. The summed E-state index contributed by atoms with van der Waals surface area (Å²) in [6, 6.07) is 4.62. The summed E-state index contributed by atoms with van der Waals surface area (Å²) in [4.78, 5) is 13.8. The number of likely N-dealkylation sites (tertiary alicyclic amines) is 1. The van der Waals surface area contributed by atoms with Crippen LogP contribution < -0.4 is 5.43 Å². The molecule has 0 saturated carbocycles. The maximum Gasteiger partial charge on any atom is 0.410 e. The van der Waals surface area contributed by atoms with E-state index < -0.39 is 5.60 Å². The largest absolute Gasteiger partial charge is 0.444 e. The third-order valence-corrected chi connectivity index (χ3v) is 3.73. The lowest BCUT2D eigenvalue weighted by Crippen LogP contribution is -2.46. The number of aryl methyl sites for hydroxylation is 2. The normalized spacial score (nSPS) is 16.9. The zero-order valence-corrected chi connectivity index (χ0v) is 13.8. The van der Waals surface area contributed by atoms with Gasteiger partial charge in [-0.25, -0.2) is 4.79 Å². The second-order valence-corrected chi connectivity index (χ2v) is 6.82. The lowest BCUT2D eigenvalue weighted by Gasteiger charge is -2.34. The fourth-order valence-corrected chi connectivity index (χ4v) is 2.57. The first-order valence-electron chi connectivity index (χ1n) is 7.66. The Morgan fingerprint density at radius 1 is 1.19 bits per heavy atom. The van der Waals surface area contributed by atoms with E-state index in [1.165, 1.54) is 11.4 Å². The summed E-state index contributed by atoms with van der Waals surface area (Å²) < 4.78 is 7.55. The topological polar surface area (TPSA) is 46.5 Å². The second-order valence-electron chi connectivity index (χ2n) is 6.82. The quantitative estimate of drug-likeness (QED) is 0.911. The van der Waals surface area contributed by atoms with E-state index in [2.05, 4.69) is 36.1 Å². The molecule has 2 rings (SSSR count). The Balaban J connectivity index is 1.85. The van der Waals surface area contributed by atoms with Gasteiger partial charge in [0.1, 0.15) is 5.60 Å². The highest BCUT2D eigenvalue weighted by Crippen LogP contribution is 2.17. The first kappa shape index (κ1) is 15.7. The molecule has 21 heavy (non-hydrogen) atoms. The average Bonchev–Trinajstić information content (AvgIpc) is 2.69. The molecular formula is C16H27N3O2. The summed E-state index contributed by atoms with van der Waals surface area (Å²) in [6.45, 7) is 11.4. The SMILES string of the molecule is Cc1ccc(C)n1NC1CCN(C(=O)OC(C)(C)C)CC1. The molecule has 1 N–H and O–H groups in total. The summed E-state index contributed by atoms with van der Waals surface area (Å²) in [7, 11) is 0. The Morgan fingerprint density at radius 2 is 1.71 bits per heavy atom. The first-order chi connectivity index (χ1) is 9.76. The fraction of sp³-hybridized carbons (Fsp3) is 0.688. The smallest absolute Gasteiger partial charge is 0.410 e. The molecule has 0 bridgehead atoms. The zero-order valence-electron chi connectivity index (χ0n) is 13.8. The van der Waals surface area contributed by atoms with Crippen molar-refractivity contribution >= 4 is 6.09 Å². The highest BCUT2D eigenvalue weighted by Gasteiger charge is 2.27. The predicted octanol–water partition coefficient (Wildman–Crippen LogP) is 3.05. The standard InChI is InChI=1S/C16H27N3O2/c1-12-6-7-13(2)19(12)17-14-8-10-18(11-9-14)15(20)21-16(3,4)5/h6-7,14,17H,8-11H2,1-5H3. The number of hydrogen-bond donors (Lipinski definition) is 1. The molecule has 0 atom stereocenters. The Bertz CT molecular complexity index is 475. The molecule has 1 fully saturated rings. The van der Waals surface area contributed by atoms with Crippen LogP contribution >= 0.6 is 0 Å². The van der Waals surface area contributed by atoms with Crippen molar-refractivity contribution in [3.63, 3.8) is 0 Å². The number of piperidine rings is 1. The monoisotopic (exact) mass is 293 g/mol. The van der Waals surface area contributed by atoms with Gasteiger partial charge < -0.3 is 15.1 Å². The Hall–Kier alpha value is -1.65. The number of carbonyl (C=O) groups is 1. The van der Waals surface area contributed by atoms with E-state index in [1.807, 2.05) is 20.8 Å². The summed E-state index contributed by atoms with van der Waals surface area (Å²) in [5.41, 5.74) is 5.54. The van der Waals surface area contributed by atoms with Gasteiger partial charge >= 0.3 is 6.09 Å². The molecular weight excluding hydrogens is 266 g/mol. The van der Waals surface area contributed by atoms with Gasteiger partial charge in [-0.15, -0.1) is 0 Å². The number of aromatic nitrogens is 1. The van der Waals surface area contributed by atoms with E-state index in [-0.39, 0.29) is 6.09 Å². The van der Waals surface area contributed by atoms with Crippen molar-refractivity contribution in [2.24, 2.45) is 0 Å². The number of hydrogen-bond acceptors (Lipinski definition) is 3. The summed E-state index contributed by atoms with van der Waals surface area (Å²) in [5.74, 6) is 0. The van der Waals surface area contributed by atoms with E-state index >= 15 is 0 Å². The van der Waals surface area contributed by atoms with Crippen LogP contribution in [-0.4, -0.2) is 40.4 Å². The Morgan fingerprint density at radius 3 is 2.19 bits per heavy atom. The number of ether oxygens (including phenoxy) is 1. The molecule has 1 amide bonds. The maximum atomic E-state index is 12.0. The van der Waals surface area contributed by atoms with Crippen LogP contribution in [0.3, 0.4) is 0 Å². The molecule has 0 aromatic carbocycles. The van der Waals surface area contributed by atoms with Gasteiger partial charge in [0.2, 0.25) is 0 Å². The molecule has 0 unspecified atom stereocenters. The molecule has 1 aromatic rings. The highest BCUT2D eigenvalue weighted by atomic mass is 16.6. The third-order valence-electron chi connectivity index (χ3n) is 3.73. The van der Waals surface area contributed by atoms with Crippen LogP contribution in [0.2, 0.25) is 0 Å². The molecule has 5 nitrogen and oxygen atoms in total. The summed E-state index contributed by atoms with van der Waals surface area (Å²) in [5, 5.41) is 0. The fourth-order valence-electron chi connectivity index (χ4n) is 2.57. The van der Waals surface area contributed by atoms with Crippen molar-refractivity contribution < 1.29 is 9.53 Å². The third kappa shape index (κ3) is 4.16. The van der Waals surface area contributed by atoms with Crippen LogP contribution in [0.25, 0.3) is 0 Å². The van der Waals surface area contributed by atoms with Gasteiger partial charge in [0.25, 0.3) is 0 Å². The van der Waals surface area contributed by atoms with E-state index in [9.17, 15) is 4.79 Å². The van der Waals surface area contributed by atoms with Crippen LogP contribution in [-0.2, 0) is 4.74 Å². The molecule has 0 radical (unpaired) electrons. The Labute approximate surface area is 127 Å². The zero-order chi connectivity index (χ0) is 15.6. The van der Waals surface area contributed by atoms with E-state index in [4.69, 9.17) is 4.74 Å². The van der Waals surface area contributed by atoms with Crippen LogP contribution in [0, 0.1) is 13.8 Å². The lowest BCUT2D eigenvalue weighted by atomic mass is 10.1. The molecule has 1 aromatic heterocycles. The first-order valence-corrected chi connectivity index (χ1v) is 7.66. The average molecular weight is 293 g/mol. The number of rotatable bonds is 2. The van der Waals surface area contributed by atoms with Gasteiger partial charge in [0.15, 0.2) is 0 Å². The van der Waals surface area contributed by atoms with Crippen molar-refractivity contribution in [3.8, 4) is 0 Å². The minimum Gasteiger partial charge on any atom is -0.444 e. The van der Waals surface area contributed by atoms with Crippen molar-refractivity contribution in [3.05, 3.63) is 23.5 Å². The molecule has 1 aliphatic heterocycles. The van der Waals surface area contributed by atoms with Crippen molar-refractivity contribution in [2.45, 2.75) is 59.1 Å². The minimum atomic E-state index is -0.425. The second kappa shape index (κ2) is 6.00. The minimum absolute atomic E-state index is 0.200. The van der Waals surface area contributed by atoms with Gasteiger partial charge in [0, 0.05) is 30.5 Å². The molecule has 5 heteroatoms.